The van der Waals surface area contributed by atoms with E-state index in [1.165, 1.54) is 16.0 Å². The molecule has 0 spiro atoms. The lowest BCUT2D eigenvalue weighted by molar-refractivity contribution is -0.132. The van der Waals surface area contributed by atoms with E-state index >= 15 is 0 Å². The van der Waals surface area contributed by atoms with Crippen molar-refractivity contribution in [3.8, 4) is 0 Å². The number of amides is 2. The van der Waals surface area contributed by atoms with E-state index in [0.717, 1.165) is 25.9 Å². The number of fused-ring (bicyclic) bond motifs is 1. The van der Waals surface area contributed by atoms with Crippen LogP contribution in [0.3, 0.4) is 0 Å². The maximum absolute atomic E-state index is 12.8. The number of benzene rings is 1. The summed E-state index contributed by atoms with van der Waals surface area (Å²) < 4.78 is 0. The van der Waals surface area contributed by atoms with Crippen LogP contribution in [-0.4, -0.2) is 53.0 Å². The first-order valence-corrected chi connectivity index (χ1v) is 8.73. The number of carbonyl (C=O) groups excluding carboxylic acids is 2. The van der Waals surface area contributed by atoms with E-state index < -0.39 is 0 Å². The minimum atomic E-state index is 0.000628. The molecular weight excluding hydrogens is 296 g/mol. The fourth-order valence-electron chi connectivity index (χ4n) is 3.13. The Bertz CT molecular complexity index is 602. The minimum absolute atomic E-state index is 0.000628. The monoisotopic (exact) mass is 318 g/mol. The molecule has 0 bridgehead atoms. The molecule has 118 valence electrons. The standard InChI is InChI=1S/C17H22N2O2S/c1-12-4-5-14-11-16(22-15(14)10-12)17(21)19-7-3-6-18(8-9-19)13(2)20/h4-5,10,16H,3,6-9,11H2,1-2H3/t16-/m0/s1. The topological polar surface area (TPSA) is 40.6 Å². The van der Waals surface area contributed by atoms with Crippen molar-refractivity contribution in [2.45, 2.75) is 36.8 Å². The van der Waals surface area contributed by atoms with E-state index in [4.69, 9.17) is 0 Å². The summed E-state index contributed by atoms with van der Waals surface area (Å²) in [5.41, 5.74) is 2.53. The third-order valence-electron chi connectivity index (χ3n) is 4.43. The molecule has 3 rings (SSSR count). The van der Waals surface area contributed by atoms with Gasteiger partial charge in [-0.3, -0.25) is 9.59 Å². The van der Waals surface area contributed by atoms with Gasteiger partial charge in [-0.15, -0.1) is 11.8 Å². The molecule has 0 aliphatic carbocycles. The SMILES string of the molecule is CC(=O)N1CCCN(C(=O)[C@@H]2Cc3ccc(C)cc3S2)CC1. The van der Waals surface area contributed by atoms with E-state index in [2.05, 4.69) is 25.1 Å². The van der Waals surface area contributed by atoms with E-state index in [1.54, 1.807) is 18.7 Å². The van der Waals surface area contributed by atoms with Crippen molar-refractivity contribution in [1.29, 1.82) is 0 Å². The molecule has 1 aromatic rings. The van der Waals surface area contributed by atoms with Crippen LogP contribution >= 0.6 is 11.8 Å². The van der Waals surface area contributed by atoms with Gasteiger partial charge in [0.1, 0.15) is 0 Å². The summed E-state index contributed by atoms with van der Waals surface area (Å²) >= 11 is 1.69. The van der Waals surface area contributed by atoms with E-state index in [9.17, 15) is 9.59 Å². The minimum Gasteiger partial charge on any atom is -0.341 e. The van der Waals surface area contributed by atoms with Crippen molar-refractivity contribution in [2.75, 3.05) is 26.2 Å². The van der Waals surface area contributed by atoms with Gasteiger partial charge in [-0.1, -0.05) is 17.7 Å². The second-order valence-electron chi connectivity index (χ2n) is 6.11. The van der Waals surface area contributed by atoms with Crippen molar-refractivity contribution in [3.63, 3.8) is 0 Å². The number of carbonyl (C=O) groups is 2. The lowest BCUT2D eigenvalue weighted by Gasteiger charge is -2.23. The molecule has 1 saturated heterocycles. The van der Waals surface area contributed by atoms with Crippen LogP contribution in [0.25, 0.3) is 0 Å². The number of nitrogens with zero attached hydrogens (tertiary/aromatic N) is 2. The fourth-order valence-corrected chi connectivity index (χ4v) is 4.50. The van der Waals surface area contributed by atoms with Crippen molar-refractivity contribution in [1.82, 2.24) is 9.80 Å². The van der Waals surface area contributed by atoms with E-state index in [1.807, 2.05) is 9.80 Å². The molecule has 0 radical (unpaired) electrons. The molecule has 2 heterocycles. The molecule has 4 nitrogen and oxygen atoms in total. The summed E-state index contributed by atoms with van der Waals surface area (Å²) in [6, 6.07) is 6.43. The third-order valence-corrected chi connectivity index (χ3v) is 5.71. The molecule has 2 aliphatic heterocycles. The van der Waals surface area contributed by atoms with Crippen molar-refractivity contribution in [3.05, 3.63) is 29.3 Å². The zero-order valence-corrected chi connectivity index (χ0v) is 14.0. The average molecular weight is 318 g/mol. The van der Waals surface area contributed by atoms with Crippen LogP contribution in [0.2, 0.25) is 0 Å². The van der Waals surface area contributed by atoms with Crippen LogP contribution in [0.1, 0.15) is 24.5 Å². The van der Waals surface area contributed by atoms with Gasteiger partial charge >= 0.3 is 0 Å². The smallest absolute Gasteiger partial charge is 0.236 e. The Morgan fingerprint density at radius 2 is 1.86 bits per heavy atom. The van der Waals surface area contributed by atoms with Crippen LogP contribution in [0, 0.1) is 6.92 Å². The van der Waals surface area contributed by atoms with E-state index in [0.29, 0.717) is 13.1 Å². The third kappa shape index (κ3) is 3.14. The van der Waals surface area contributed by atoms with Gasteiger partial charge in [0.25, 0.3) is 0 Å². The van der Waals surface area contributed by atoms with Crippen LogP contribution in [-0.2, 0) is 16.0 Å². The zero-order valence-electron chi connectivity index (χ0n) is 13.2. The summed E-state index contributed by atoms with van der Waals surface area (Å²) in [6.45, 7) is 6.52. The first-order chi connectivity index (χ1) is 10.5. The first-order valence-electron chi connectivity index (χ1n) is 7.85. The van der Waals surface area contributed by atoms with Crippen molar-refractivity contribution in [2.24, 2.45) is 0 Å². The van der Waals surface area contributed by atoms with Gasteiger partial charge in [0.15, 0.2) is 0 Å². The molecule has 0 N–H and O–H groups in total. The summed E-state index contributed by atoms with van der Waals surface area (Å²) in [7, 11) is 0. The van der Waals surface area contributed by atoms with Gasteiger partial charge in [-0.05, 0) is 31.4 Å². The van der Waals surface area contributed by atoms with E-state index in [-0.39, 0.29) is 17.1 Å². The summed E-state index contributed by atoms with van der Waals surface area (Å²) in [5, 5.41) is 0.000628. The lowest BCUT2D eigenvalue weighted by Crippen LogP contribution is -2.40. The molecule has 5 heteroatoms. The Morgan fingerprint density at radius 1 is 1.14 bits per heavy atom. The fraction of sp³-hybridized carbons (Fsp3) is 0.529. The van der Waals surface area contributed by atoms with Gasteiger partial charge in [0, 0.05) is 38.0 Å². The van der Waals surface area contributed by atoms with Crippen LogP contribution in [0.15, 0.2) is 23.1 Å². The number of rotatable bonds is 1. The molecule has 0 saturated carbocycles. The van der Waals surface area contributed by atoms with Gasteiger partial charge in [-0.2, -0.15) is 0 Å². The summed E-state index contributed by atoms with van der Waals surface area (Å²) in [5.74, 6) is 0.330. The Hall–Kier alpha value is -1.49. The summed E-state index contributed by atoms with van der Waals surface area (Å²) in [6.07, 6.45) is 1.70. The maximum atomic E-state index is 12.8. The van der Waals surface area contributed by atoms with Gasteiger partial charge in [0.05, 0.1) is 5.25 Å². The Balaban J connectivity index is 1.64. The second kappa shape index (κ2) is 6.32. The zero-order chi connectivity index (χ0) is 15.7. The normalized spacial score (nSPS) is 21.5. The highest BCUT2D eigenvalue weighted by Crippen LogP contribution is 2.38. The number of hydrogen-bond acceptors (Lipinski definition) is 3. The Labute approximate surface area is 135 Å². The molecule has 0 unspecified atom stereocenters. The molecular formula is C17H22N2O2S. The quantitative estimate of drug-likeness (QED) is 0.796. The first kappa shape index (κ1) is 15.4. The molecule has 2 aliphatic rings. The molecule has 0 aromatic heterocycles. The highest BCUT2D eigenvalue weighted by atomic mass is 32.2. The lowest BCUT2D eigenvalue weighted by atomic mass is 10.1. The van der Waals surface area contributed by atoms with Gasteiger partial charge in [0.2, 0.25) is 11.8 Å². The molecule has 1 aromatic carbocycles. The predicted octanol–water partition coefficient (Wildman–Crippen LogP) is 2.09. The molecule has 1 atom stereocenters. The Morgan fingerprint density at radius 3 is 2.64 bits per heavy atom. The van der Waals surface area contributed by atoms with Gasteiger partial charge in [-0.25, -0.2) is 0 Å². The number of thioether (sulfide) groups is 1. The molecule has 2 amide bonds. The van der Waals surface area contributed by atoms with Crippen molar-refractivity contribution >= 4 is 23.6 Å². The van der Waals surface area contributed by atoms with Crippen LogP contribution < -0.4 is 0 Å². The second-order valence-corrected chi connectivity index (χ2v) is 7.35. The predicted molar refractivity (Wildman–Crippen MR) is 88.0 cm³/mol. The summed E-state index contributed by atoms with van der Waals surface area (Å²) in [4.78, 5) is 29.3. The number of hydrogen-bond donors (Lipinski definition) is 0. The van der Waals surface area contributed by atoms with Gasteiger partial charge < -0.3 is 9.80 Å². The van der Waals surface area contributed by atoms with Crippen LogP contribution in [0.5, 0.6) is 0 Å². The highest BCUT2D eigenvalue weighted by molar-refractivity contribution is 8.01. The maximum Gasteiger partial charge on any atom is 0.236 e. The number of aryl methyl sites for hydroxylation is 1. The average Bonchev–Trinajstić information content (AvgIpc) is 2.74. The van der Waals surface area contributed by atoms with Crippen molar-refractivity contribution < 1.29 is 9.59 Å². The Kier molecular flexibility index (Phi) is 4.43. The molecule has 22 heavy (non-hydrogen) atoms. The molecule has 1 fully saturated rings. The van der Waals surface area contributed by atoms with Crippen LogP contribution in [0.4, 0.5) is 0 Å². The highest BCUT2D eigenvalue weighted by Gasteiger charge is 2.32. The largest absolute Gasteiger partial charge is 0.341 e.